The van der Waals surface area contributed by atoms with Gasteiger partial charge in [-0.3, -0.25) is 9.69 Å². The van der Waals surface area contributed by atoms with Gasteiger partial charge < -0.3 is 20.7 Å². The third-order valence-corrected chi connectivity index (χ3v) is 5.76. The van der Waals surface area contributed by atoms with Crippen molar-refractivity contribution in [2.75, 3.05) is 39.3 Å². The predicted octanol–water partition coefficient (Wildman–Crippen LogP) is 2.52. The van der Waals surface area contributed by atoms with Gasteiger partial charge in [0.25, 0.3) is 0 Å². The molecule has 31 heavy (non-hydrogen) atoms. The molecule has 1 aliphatic heterocycles. The van der Waals surface area contributed by atoms with Crippen LogP contribution < -0.4 is 20.7 Å². The van der Waals surface area contributed by atoms with E-state index >= 15 is 0 Å². The molecule has 2 aliphatic rings. The zero-order valence-electron chi connectivity index (χ0n) is 19.2. The minimum absolute atomic E-state index is 0.130. The van der Waals surface area contributed by atoms with Crippen LogP contribution in [0.3, 0.4) is 0 Å². The molecule has 1 saturated carbocycles. The van der Waals surface area contributed by atoms with Gasteiger partial charge >= 0.3 is 0 Å². The molecule has 2 fully saturated rings. The summed E-state index contributed by atoms with van der Waals surface area (Å²) in [6.07, 6.45) is 5.56. The molecule has 1 amide bonds. The number of rotatable bonds is 11. The second kappa shape index (κ2) is 12.5. The standard InChI is InChI=1S/C24H39N5O2/c1-3-13-26-23(30)17-29-14-11-21(12-15-29)28-24(25-4-2)27-16-20-7-5-6-8-22(20)31-18-19-9-10-19/h5-8,19,21H,3-4,9-18H2,1-2H3,(H,26,30)(H2,25,27,28). The Kier molecular flexibility index (Phi) is 9.46. The van der Waals surface area contributed by atoms with Crippen LogP contribution in [0.4, 0.5) is 0 Å². The van der Waals surface area contributed by atoms with Crippen molar-refractivity contribution in [2.24, 2.45) is 10.9 Å². The van der Waals surface area contributed by atoms with E-state index in [-0.39, 0.29) is 5.91 Å². The first-order valence-corrected chi connectivity index (χ1v) is 11.9. The number of carbonyl (C=O) groups is 1. The molecule has 3 rings (SSSR count). The van der Waals surface area contributed by atoms with Crippen molar-refractivity contribution in [3.8, 4) is 5.75 Å². The normalized spacial score (nSPS) is 17.9. The van der Waals surface area contributed by atoms with Gasteiger partial charge in [-0.15, -0.1) is 0 Å². The molecule has 172 valence electrons. The largest absolute Gasteiger partial charge is 0.493 e. The number of likely N-dealkylation sites (tertiary alicyclic amines) is 1. The summed E-state index contributed by atoms with van der Waals surface area (Å²) in [6.45, 7) is 9.49. The summed E-state index contributed by atoms with van der Waals surface area (Å²) in [6, 6.07) is 8.57. The highest BCUT2D eigenvalue weighted by Crippen LogP contribution is 2.30. The second-order valence-electron chi connectivity index (χ2n) is 8.60. The first kappa shape index (κ1) is 23.4. The second-order valence-corrected chi connectivity index (χ2v) is 8.60. The summed E-state index contributed by atoms with van der Waals surface area (Å²) in [4.78, 5) is 19.0. The van der Waals surface area contributed by atoms with Gasteiger partial charge in [0.05, 0.1) is 19.7 Å². The van der Waals surface area contributed by atoms with Crippen molar-refractivity contribution >= 4 is 11.9 Å². The highest BCUT2D eigenvalue weighted by molar-refractivity contribution is 5.80. The molecule has 0 aromatic heterocycles. The molecule has 0 radical (unpaired) electrons. The number of amides is 1. The Morgan fingerprint density at radius 2 is 1.90 bits per heavy atom. The van der Waals surface area contributed by atoms with Crippen LogP contribution in [-0.4, -0.2) is 62.1 Å². The summed E-state index contributed by atoms with van der Waals surface area (Å²) in [7, 11) is 0. The number of nitrogens with one attached hydrogen (secondary N) is 3. The maximum absolute atomic E-state index is 11.9. The number of ether oxygens (including phenoxy) is 1. The first-order valence-electron chi connectivity index (χ1n) is 11.9. The van der Waals surface area contributed by atoms with Crippen molar-refractivity contribution in [1.29, 1.82) is 0 Å². The number of hydrogen-bond donors (Lipinski definition) is 3. The smallest absolute Gasteiger partial charge is 0.234 e. The lowest BCUT2D eigenvalue weighted by atomic mass is 10.1. The van der Waals surface area contributed by atoms with E-state index < -0.39 is 0 Å². The van der Waals surface area contributed by atoms with Crippen molar-refractivity contribution in [3.63, 3.8) is 0 Å². The Morgan fingerprint density at radius 1 is 1.13 bits per heavy atom. The van der Waals surface area contributed by atoms with Crippen LogP contribution in [0.1, 0.15) is 51.5 Å². The fourth-order valence-electron chi connectivity index (χ4n) is 3.70. The Labute approximate surface area is 187 Å². The lowest BCUT2D eigenvalue weighted by molar-refractivity contribution is -0.122. The van der Waals surface area contributed by atoms with E-state index in [1.807, 2.05) is 18.2 Å². The van der Waals surface area contributed by atoms with Gasteiger partial charge in [-0.2, -0.15) is 0 Å². The lowest BCUT2D eigenvalue weighted by Crippen LogP contribution is -2.50. The molecule has 1 aromatic rings. The highest BCUT2D eigenvalue weighted by atomic mass is 16.5. The van der Waals surface area contributed by atoms with Crippen LogP contribution in [0, 0.1) is 5.92 Å². The Morgan fingerprint density at radius 3 is 2.61 bits per heavy atom. The monoisotopic (exact) mass is 429 g/mol. The van der Waals surface area contributed by atoms with E-state index in [0.717, 1.165) is 75.2 Å². The third kappa shape index (κ3) is 8.40. The maximum Gasteiger partial charge on any atom is 0.234 e. The third-order valence-electron chi connectivity index (χ3n) is 5.76. The molecule has 0 unspecified atom stereocenters. The van der Waals surface area contributed by atoms with Crippen molar-refractivity contribution in [2.45, 2.75) is 58.5 Å². The van der Waals surface area contributed by atoms with Crippen LogP contribution in [0.25, 0.3) is 0 Å². The van der Waals surface area contributed by atoms with Crippen molar-refractivity contribution in [1.82, 2.24) is 20.9 Å². The number of benzene rings is 1. The Bertz CT molecular complexity index is 712. The molecule has 0 atom stereocenters. The lowest BCUT2D eigenvalue weighted by Gasteiger charge is -2.32. The van der Waals surface area contributed by atoms with Crippen molar-refractivity contribution in [3.05, 3.63) is 29.8 Å². The summed E-state index contributed by atoms with van der Waals surface area (Å²) in [5.74, 6) is 2.66. The molecular formula is C24H39N5O2. The van der Waals surface area contributed by atoms with Gasteiger partial charge in [0.15, 0.2) is 5.96 Å². The molecule has 1 heterocycles. The number of piperidine rings is 1. The average Bonchev–Trinajstić information content (AvgIpc) is 3.61. The zero-order chi connectivity index (χ0) is 21.9. The van der Waals surface area contributed by atoms with Crippen LogP contribution in [-0.2, 0) is 11.3 Å². The summed E-state index contributed by atoms with van der Waals surface area (Å²) < 4.78 is 6.02. The van der Waals surface area contributed by atoms with Gasteiger partial charge in [-0.05, 0) is 51.0 Å². The molecule has 0 bridgehead atoms. The van der Waals surface area contributed by atoms with E-state index in [1.165, 1.54) is 12.8 Å². The van der Waals surface area contributed by atoms with E-state index in [2.05, 4.69) is 40.8 Å². The molecule has 1 aromatic carbocycles. The van der Waals surface area contributed by atoms with Gasteiger partial charge in [0.2, 0.25) is 5.91 Å². The number of hydrogen-bond acceptors (Lipinski definition) is 4. The minimum Gasteiger partial charge on any atom is -0.493 e. The number of guanidine groups is 1. The number of nitrogens with zero attached hydrogens (tertiary/aromatic N) is 2. The first-order chi connectivity index (χ1) is 15.2. The van der Waals surface area contributed by atoms with E-state index in [9.17, 15) is 4.79 Å². The highest BCUT2D eigenvalue weighted by Gasteiger charge is 2.23. The molecular weight excluding hydrogens is 390 g/mol. The quantitative estimate of drug-likeness (QED) is 0.372. The van der Waals surface area contributed by atoms with E-state index in [1.54, 1.807) is 0 Å². The zero-order valence-corrected chi connectivity index (χ0v) is 19.2. The van der Waals surface area contributed by atoms with Gasteiger partial charge in [-0.25, -0.2) is 4.99 Å². The number of para-hydroxylation sites is 1. The summed E-state index contributed by atoms with van der Waals surface area (Å²) in [5, 5.41) is 9.91. The fourth-order valence-corrected chi connectivity index (χ4v) is 3.70. The average molecular weight is 430 g/mol. The van der Waals surface area contributed by atoms with E-state index in [0.29, 0.717) is 19.1 Å². The molecule has 3 N–H and O–H groups in total. The fraction of sp³-hybridized carbons (Fsp3) is 0.667. The topological polar surface area (TPSA) is 78.0 Å². The van der Waals surface area contributed by atoms with Crippen LogP contribution >= 0.6 is 0 Å². The van der Waals surface area contributed by atoms with Gasteiger partial charge in [0, 0.05) is 37.8 Å². The number of aliphatic imine (C=N–C) groups is 1. The van der Waals surface area contributed by atoms with Crippen LogP contribution in [0.2, 0.25) is 0 Å². The Hall–Kier alpha value is -2.28. The van der Waals surface area contributed by atoms with E-state index in [4.69, 9.17) is 9.73 Å². The van der Waals surface area contributed by atoms with Gasteiger partial charge in [-0.1, -0.05) is 25.1 Å². The SMILES string of the molecule is CCCNC(=O)CN1CCC(NC(=NCc2ccccc2OCC2CC2)NCC)CC1. The molecule has 0 spiro atoms. The molecule has 7 heteroatoms. The summed E-state index contributed by atoms with van der Waals surface area (Å²) >= 11 is 0. The van der Waals surface area contributed by atoms with Crippen molar-refractivity contribution < 1.29 is 9.53 Å². The summed E-state index contributed by atoms with van der Waals surface area (Å²) in [5.41, 5.74) is 1.12. The minimum atomic E-state index is 0.130. The molecule has 7 nitrogen and oxygen atoms in total. The predicted molar refractivity (Wildman–Crippen MR) is 125 cm³/mol. The van der Waals surface area contributed by atoms with Crippen LogP contribution in [0.15, 0.2) is 29.3 Å². The van der Waals surface area contributed by atoms with Crippen LogP contribution in [0.5, 0.6) is 5.75 Å². The van der Waals surface area contributed by atoms with Gasteiger partial charge in [0.1, 0.15) is 5.75 Å². The molecule has 1 aliphatic carbocycles. The Balaban J connectivity index is 1.47. The number of carbonyl (C=O) groups excluding carboxylic acids is 1. The molecule has 1 saturated heterocycles. The maximum atomic E-state index is 11.9.